The van der Waals surface area contributed by atoms with Gasteiger partial charge in [0.1, 0.15) is 6.17 Å². The first-order valence-electron chi connectivity index (χ1n) is 4.04. The summed E-state index contributed by atoms with van der Waals surface area (Å²) in [7, 11) is 1.29. The molecule has 1 N–H and O–H groups in total. The van der Waals surface area contributed by atoms with E-state index in [4.69, 9.17) is 0 Å². The van der Waals surface area contributed by atoms with Crippen LogP contribution in [0.2, 0.25) is 0 Å². The van der Waals surface area contributed by atoms with Gasteiger partial charge in [-0.15, -0.1) is 0 Å². The summed E-state index contributed by atoms with van der Waals surface area (Å²) in [5.74, 6) is -0.448. The number of esters is 1. The van der Waals surface area contributed by atoms with Crippen molar-refractivity contribution >= 4 is 5.97 Å². The molecule has 1 fully saturated rings. The van der Waals surface area contributed by atoms with Gasteiger partial charge in [0.25, 0.3) is 0 Å². The maximum atomic E-state index is 13.3. The zero-order valence-electron chi connectivity index (χ0n) is 7.39. The van der Waals surface area contributed by atoms with Gasteiger partial charge < -0.3 is 10.1 Å². The Morgan fingerprint density at radius 3 is 2.92 bits per heavy atom. The molecule has 1 aliphatic rings. The zero-order chi connectivity index (χ0) is 9.19. The second-order valence-electron chi connectivity index (χ2n) is 3.33. The molecule has 70 valence electrons. The van der Waals surface area contributed by atoms with Gasteiger partial charge in [0.2, 0.25) is 0 Å². The molecule has 1 aliphatic heterocycles. The summed E-state index contributed by atoms with van der Waals surface area (Å²) < 4.78 is 17.9. The average Bonchev–Trinajstić information content (AvgIpc) is 2.09. The van der Waals surface area contributed by atoms with E-state index in [-0.39, 0.29) is 6.54 Å². The van der Waals surface area contributed by atoms with Crippen LogP contribution in [0.25, 0.3) is 0 Å². The molecule has 12 heavy (non-hydrogen) atoms. The van der Waals surface area contributed by atoms with Gasteiger partial charge in [0, 0.05) is 6.54 Å². The molecule has 2 unspecified atom stereocenters. The van der Waals surface area contributed by atoms with Crippen molar-refractivity contribution in [2.75, 3.05) is 20.2 Å². The third-order valence-corrected chi connectivity index (χ3v) is 2.49. The summed E-state index contributed by atoms with van der Waals surface area (Å²) in [5, 5.41) is 2.89. The van der Waals surface area contributed by atoms with Crippen molar-refractivity contribution in [3.63, 3.8) is 0 Å². The SMILES string of the molecule is COC(=O)C1(C)CCNCC1F. The van der Waals surface area contributed by atoms with Crippen LogP contribution in [0.15, 0.2) is 0 Å². The molecule has 0 saturated carbocycles. The van der Waals surface area contributed by atoms with E-state index >= 15 is 0 Å². The minimum absolute atomic E-state index is 0.242. The largest absolute Gasteiger partial charge is 0.469 e. The van der Waals surface area contributed by atoms with E-state index in [9.17, 15) is 9.18 Å². The Balaban J connectivity index is 2.72. The van der Waals surface area contributed by atoms with E-state index in [0.717, 1.165) is 0 Å². The lowest BCUT2D eigenvalue weighted by Gasteiger charge is -2.34. The molecule has 1 saturated heterocycles. The van der Waals surface area contributed by atoms with E-state index in [2.05, 4.69) is 10.1 Å². The number of nitrogens with one attached hydrogen (secondary N) is 1. The predicted octanol–water partition coefficient (Wildman–Crippen LogP) is 0.497. The van der Waals surface area contributed by atoms with Gasteiger partial charge in [-0.2, -0.15) is 0 Å². The molecule has 2 atom stereocenters. The molecule has 1 rings (SSSR count). The molecule has 0 aromatic carbocycles. The topological polar surface area (TPSA) is 38.3 Å². The molecule has 3 nitrogen and oxygen atoms in total. The summed E-state index contributed by atoms with van der Waals surface area (Å²) in [6.07, 6.45) is -0.639. The van der Waals surface area contributed by atoms with Gasteiger partial charge in [0.05, 0.1) is 12.5 Å². The van der Waals surface area contributed by atoms with Gasteiger partial charge in [0.15, 0.2) is 0 Å². The molecule has 0 radical (unpaired) electrons. The first-order chi connectivity index (χ1) is 5.61. The van der Waals surface area contributed by atoms with E-state index < -0.39 is 17.6 Å². The maximum Gasteiger partial charge on any atom is 0.314 e. The van der Waals surface area contributed by atoms with Crippen molar-refractivity contribution in [2.45, 2.75) is 19.5 Å². The van der Waals surface area contributed by atoms with E-state index in [1.54, 1.807) is 6.92 Å². The van der Waals surface area contributed by atoms with Crippen molar-refractivity contribution < 1.29 is 13.9 Å². The first kappa shape index (κ1) is 9.45. The zero-order valence-corrected chi connectivity index (χ0v) is 7.39. The molecule has 0 bridgehead atoms. The van der Waals surface area contributed by atoms with Gasteiger partial charge in [-0.3, -0.25) is 4.79 Å². The summed E-state index contributed by atoms with van der Waals surface area (Å²) in [6.45, 7) is 2.53. The minimum Gasteiger partial charge on any atom is -0.469 e. The van der Waals surface area contributed by atoms with Gasteiger partial charge in [-0.05, 0) is 19.9 Å². The third kappa shape index (κ3) is 1.43. The molecule has 0 aromatic rings. The molecule has 0 aliphatic carbocycles. The normalized spacial score (nSPS) is 36.1. The van der Waals surface area contributed by atoms with Crippen molar-refractivity contribution in [3.05, 3.63) is 0 Å². The van der Waals surface area contributed by atoms with Gasteiger partial charge in [-0.1, -0.05) is 0 Å². The van der Waals surface area contributed by atoms with Crippen LogP contribution < -0.4 is 5.32 Å². The van der Waals surface area contributed by atoms with Crippen molar-refractivity contribution in [3.8, 4) is 0 Å². The van der Waals surface area contributed by atoms with E-state index in [1.807, 2.05) is 0 Å². The molecular weight excluding hydrogens is 161 g/mol. The predicted molar refractivity (Wildman–Crippen MR) is 42.5 cm³/mol. The lowest BCUT2D eigenvalue weighted by atomic mass is 9.79. The number of carbonyl (C=O) groups is 1. The second-order valence-corrected chi connectivity index (χ2v) is 3.33. The van der Waals surface area contributed by atoms with Crippen LogP contribution in [0.4, 0.5) is 4.39 Å². The van der Waals surface area contributed by atoms with E-state index in [1.165, 1.54) is 7.11 Å². The first-order valence-corrected chi connectivity index (χ1v) is 4.04. The Kier molecular flexibility index (Phi) is 2.67. The van der Waals surface area contributed by atoms with Gasteiger partial charge >= 0.3 is 5.97 Å². The lowest BCUT2D eigenvalue weighted by Crippen LogP contribution is -2.49. The Morgan fingerprint density at radius 2 is 2.42 bits per heavy atom. The smallest absolute Gasteiger partial charge is 0.314 e. The molecule has 1 heterocycles. The fraction of sp³-hybridized carbons (Fsp3) is 0.875. The Labute approximate surface area is 71.3 Å². The molecular formula is C8H14FNO2. The highest BCUT2D eigenvalue weighted by molar-refractivity contribution is 5.77. The summed E-state index contributed by atoms with van der Waals surface area (Å²) >= 11 is 0. The van der Waals surface area contributed by atoms with Crippen molar-refractivity contribution in [2.24, 2.45) is 5.41 Å². The fourth-order valence-corrected chi connectivity index (χ4v) is 1.42. The standard InChI is InChI=1S/C8H14FNO2/c1-8(7(11)12-2)3-4-10-5-6(8)9/h6,10H,3-5H2,1-2H3. The number of methoxy groups -OCH3 is 1. The number of hydrogen-bond acceptors (Lipinski definition) is 3. The van der Waals surface area contributed by atoms with Crippen LogP contribution in [0.3, 0.4) is 0 Å². The fourth-order valence-electron chi connectivity index (χ4n) is 1.42. The number of ether oxygens (including phenoxy) is 1. The monoisotopic (exact) mass is 175 g/mol. The molecule has 0 amide bonds. The van der Waals surface area contributed by atoms with Crippen LogP contribution in [-0.4, -0.2) is 32.3 Å². The number of carbonyl (C=O) groups excluding carboxylic acids is 1. The van der Waals surface area contributed by atoms with Crippen LogP contribution in [0.5, 0.6) is 0 Å². The van der Waals surface area contributed by atoms with Crippen LogP contribution in [0.1, 0.15) is 13.3 Å². The van der Waals surface area contributed by atoms with Crippen molar-refractivity contribution in [1.82, 2.24) is 5.32 Å². The third-order valence-electron chi connectivity index (χ3n) is 2.49. The number of alkyl halides is 1. The summed E-state index contributed by atoms with van der Waals surface area (Å²) in [6, 6.07) is 0. The van der Waals surface area contributed by atoms with Crippen molar-refractivity contribution in [1.29, 1.82) is 0 Å². The molecule has 0 spiro atoms. The number of halogens is 1. The highest BCUT2D eigenvalue weighted by atomic mass is 19.1. The van der Waals surface area contributed by atoms with E-state index in [0.29, 0.717) is 13.0 Å². The van der Waals surface area contributed by atoms with Gasteiger partial charge in [-0.25, -0.2) is 4.39 Å². The lowest BCUT2D eigenvalue weighted by molar-refractivity contribution is -0.157. The van der Waals surface area contributed by atoms with Crippen LogP contribution in [0, 0.1) is 5.41 Å². The Morgan fingerprint density at radius 1 is 1.75 bits per heavy atom. The van der Waals surface area contributed by atoms with Crippen LogP contribution >= 0.6 is 0 Å². The molecule has 0 aromatic heterocycles. The summed E-state index contributed by atoms with van der Waals surface area (Å²) in [4.78, 5) is 11.2. The number of piperidine rings is 1. The minimum atomic E-state index is -1.14. The highest BCUT2D eigenvalue weighted by Gasteiger charge is 2.44. The highest BCUT2D eigenvalue weighted by Crippen LogP contribution is 2.31. The number of rotatable bonds is 1. The average molecular weight is 175 g/mol. The molecule has 4 heteroatoms. The van der Waals surface area contributed by atoms with Crippen LogP contribution in [-0.2, 0) is 9.53 Å². The quantitative estimate of drug-likeness (QED) is 0.590. The second kappa shape index (κ2) is 3.39. The summed E-state index contributed by atoms with van der Waals surface area (Å²) in [5.41, 5.74) is -0.944. The Hall–Kier alpha value is -0.640. The number of hydrogen-bond donors (Lipinski definition) is 1. The maximum absolute atomic E-state index is 13.3. The Bertz CT molecular complexity index is 186.